The topological polar surface area (TPSA) is 134 Å². The highest BCUT2D eigenvalue weighted by atomic mass is 16.6. The third-order valence-corrected chi connectivity index (χ3v) is 4.58. The number of nitrogens with zero attached hydrogens (tertiary/aromatic N) is 6. The summed E-state index contributed by atoms with van der Waals surface area (Å²) in [5.41, 5.74) is 0.419. The molecule has 0 atom stereocenters. The molecule has 3 heterocycles. The maximum atomic E-state index is 11.9. The maximum Gasteiger partial charge on any atom is 0.293 e. The number of rotatable bonds is 4. The summed E-state index contributed by atoms with van der Waals surface area (Å²) in [6, 6.07) is 2.91. The second-order valence-electron chi connectivity index (χ2n) is 6.34. The first kappa shape index (κ1) is 17.1. The van der Waals surface area contributed by atoms with Crippen LogP contribution in [0.25, 0.3) is 10.9 Å². The van der Waals surface area contributed by atoms with Crippen LogP contribution in [0.15, 0.2) is 27.8 Å². The summed E-state index contributed by atoms with van der Waals surface area (Å²) < 4.78 is 4.98. The van der Waals surface area contributed by atoms with E-state index in [1.165, 1.54) is 12.4 Å². The highest BCUT2D eigenvalue weighted by molar-refractivity contribution is 5.87. The van der Waals surface area contributed by atoms with Gasteiger partial charge in [0.25, 0.3) is 11.2 Å². The molecule has 11 heteroatoms. The molecule has 0 amide bonds. The summed E-state index contributed by atoms with van der Waals surface area (Å²) in [5, 5.41) is 15.6. The van der Waals surface area contributed by atoms with Gasteiger partial charge in [-0.3, -0.25) is 19.8 Å². The third kappa shape index (κ3) is 3.36. The van der Waals surface area contributed by atoms with Crippen molar-refractivity contribution in [2.24, 2.45) is 0 Å². The molecule has 27 heavy (non-hydrogen) atoms. The van der Waals surface area contributed by atoms with Gasteiger partial charge in [0.05, 0.1) is 28.7 Å². The number of nitrogens with one attached hydrogen (secondary N) is 1. The van der Waals surface area contributed by atoms with Crippen molar-refractivity contribution in [1.29, 1.82) is 0 Å². The van der Waals surface area contributed by atoms with Crippen molar-refractivity contribution in [3.05, 3.63) is 50.6 Å². The molecule has 0 bridgehead atoms. The van der Waals surface area contributed by atoms with E-state index in [1.807, 2.05) is 4.90 Å². The van der Waals surface area contributed by atoms with Crippen molar-refractivity contribution in [2.45, 2.75) is 13.5 Å². The average Bonchev–Trinajstić information content (AvgIpc) is 3.06. The molecule has 0 radical (unpaired) electrons. The number of hydrogen-bond acceptors (Lipinski definition) is 9. The predicted octanol–water partition coefficient (Wildman–Crippen LogP) is 0.845. The summed E-state index contributed by atoms with van der Waals surface area (Å²) in [6.07, 6.45) is 1.30. The van der Waals surface area contributed by atoms with Gasteiger partial charge in [-0.15, -0.1) is 0 Å². The fraction of sp³-hybridized carbons (Fsp3) is 0.375. The van der Waals surface area contributed by atoms with Crippen molar-refractivity contribution < 1.29 is 9.45 Å². The number of aromatic nitrogens is 4. The quantitative estimate of drug-likeness (QED) is 0.523. The molecule has 0 spiro atoms. The predicted molar refractivity (Wildman–Crippen MR) is 95.5 cm³/mol. The van der Waals surface area contributed by atoms with Crippen LogP contribution < -0.4 is 10.5 Å². The van der Waals surface area contributed by atoms with Crippen LogP contribution >= 0.6 is 0 Å². The number of benzene rings is 1. The average molecular weight is 371 g/mol. The standard InChI is InChI=1S/C16H17N7O4/c1-10-19-15(20-27-10)8-21-2-4-22(5-3-21)13-7-12-11(6-14(13)23(25)26)16(24)18-9-17-12/h6-7,9H,2-5,8H2,1H3,(H,17,18,24). The lowest BCUT2D eigenvalue weighted by Crippen LogP contribution is -2.46. The normalized spacial score (nSPS) is 15.4. The molecule has 2 aromatic heterocycles. The fourth-order valence-corrected chi connectivity index (χ4v) is 3.24. The minimum absolute atomic E-state index is 0.0942. The molecule has 1 aliphatic rings. The minimum Gasteiger partial charge on any atom is -0.363 e. The van der Waals surface area contributed by atoms with Crippen molar-refractivity contribution >= 4 is 22.3 Å². The van der Waals surface area contributed by atoms with Crippen molar-refractivity contribution in [3.63, 3.8) is 0 Å². The van der Waals surface area contributed by atoms with E-state index in [-0.39, 0.29) is 11.1 Å². The Morgan fingerprint density at radius 3 is 2.74 bits per heavy atom. The van der Waals surface area contributed by atoms with Crippen LogP contribution in [0.3, 0.4) is 0 Å². The van der Waals surface area contributed by atoms with E-state index in [0.717, 1.165) is 0 Å². The smallest absolute Gasteiger partial charge is 0.293 e. The second kappa shape index (κ2) is 6.76. The van der Waals surface area contributed by atoms with E-state index in [2.05, 4.69) is 25.0 Å². The molecule has 0 saturated carbocycles. The zero-order valence-corrected chi connectivity index (χ0v) is 14.6. The van der Waals surface area contributed by atoms with Crippen LogP contribution in [0.1, 0.15) is 11.7 Å². The number of aromatic amines is 1. The number of nitro groups is 1. The third-order valence-electron chi connectivity index (χ3n) is 4.58. The Morgan fingerprint density at radius 2 is 2.07 bits per heavy atom. The number of H-pyrrole nitrogens is 1. The van der Waals surface area contributed by atoms with E-state index in [4.69, 9.17) is 4.52 Å². The highest BCUT2D eigenvalue weighted by Gasteiger charge is 2.26. The molecule has 1 aromatic carbocycles. The number of anilines is 1. The van der Waals surface area contributed by atoms with E-state index < -0.39 is 10.5 Å². The van der Waals surface area contributed by atoms with Crippen molar-refractivity contribution in [3.8, 4) is 0 Å². The molecule has 0 unspecified atom stereocenters. The first-order valence-electron chi connectivity index (χ1n) is 8.43. The van der Waals surface area contributed by atoms with E-state index in [1.54, 1.807) is 13.0 Å². The van der Waals surface area contributed by atoms with Gasteiger partial charge in [0.1, 0.15) is 5.69 Å². The molecule has 1 N–H and O–H groups in total. The van der Waals surface area contributed by atoms with Gasteiger partial charge in [-0.2, -0.15) is 4.98 Å². The second-order valence-corrected chi connectivity index (χ2v) is 6.34. The lowest BCUT2D eigenvalue weighted by molar-refractivity contribution is -0.384. The van der Waals surface area contributed by atoms with Gasteiger partial charge < -0.3 is 14.4 Å². The van der Waals surface area contributed by atoms with Crippen LogP contribution in [-0.4, -0.2) is 56.1 Å². The summed E-state index contributed by atoms with van der Waals surface area (Å²) in [6.45, 7) is 4.92. The molecule has 1 saturated heterocycles. The molecule has 140 valence electrons. The van der Waals surface area contributed by atoms with Crippen molar-refractivity contribution in [1.82, 2.24) is 25.0 Å². The Balaban J connectivity index is 1.57. The van der Waals surface area contributed by atoms with Gasteiger partial charge in [0.15, 0.2) is 5.82 Å². The Morgan fingerprint density at radius 1 is 1.30 bits per heavy atom. The number of piperazine rings is 1. The monoisotopic (exact) mass is 371 g/mol. The zero-order valence-electron chi connectivity index (χ0n) is 14.6. The molecular weight excluding hydrogens is 354 g/mol. The van der Waals surface area contributed by atoms with Gasteiger partial charge in [0.2, 0.25) is 5.89 Å². The molecule has 4 rings (SSSR count). The molecule has 0 aliphatic carbocycles. The van der Waals surface area contributed by atoms with Gasteiger partial charge in [-0.05, 0) is 6.07 Å². The Hall–Kier alpha value is -3.34. The maximum absolute atomic E-state index is 11.9. The summed E-state index contributed by atoms with van der Waals surface area (Å²) in [4.78, 5) is 37.8. The van der Waals surface area contributed by atoms with Gasteiger partial charge in [-0.1, -0.05) is 5.16 Å². The number of aryl methyl sites for hydroxylation is 1. The Bertz CT molecular complexity index is 1050. The lowest BCUT2D eigenvalue weighted by Gasteiger charge is -2.35. The van der Waals surface area contributed by atoms with Gasteiger partial charge in [-0.25, -0.2) is 4.98 Å². The van der Waals surface area contributed by atoms with Gasteiger partial charge >= 0.3 is 0 Å². The van der Waals surface area contributed by atoms with E-state index in [9.17, 15) is 14.9 Å². The van der Waals surface area contributed by atoms with E-state index >= 15 is 0 Å². The van der Waals surface area contributed by atoms with Crippen LogP contribution in [0.2, 0.25) is 0 Å². The first-order valence-corrected chi connectivity index (χ1v) is 8.43. The molecule has 1 fully saturated rings. The molecule has 3 aromatic rings. The van der Waals surface area contributed by atoms with Crippen LogP contribution in [0, 0.1) is 17.0 Å². The first-order chi connectivity index (χ1) is 13.0. The van der Waals surface area contributed by atoms with Gasteiger partial charge in [0, 0.05) is 39.2 Å². The largest absolute Gasteiger partial charge is 0.363 e. The number of nitro benzene ring substituents is 1. The van der Waals surface area contributed by atoms with Crippen LogP contribution in [0.5, 0.6) is 0 Å². The van der Waals surface area contributed by atoms with E-state index in [0.29, 0.717) is 55.6 Å². The van der Waals surface area contributed by atoms with Crippen LogP contribution in [0.4, 0.5) is 11.4 Å². The molecular formula is C16H17N7O4. The minimum atomic E-state index is -0.463. The number of fused-ring (bicyclic) bond motifs is 1. The van der Waals surface area contributed by atoms with Crippen LogP contribution in [-0.2, 0) is 6.54 Å². The zero-order chi connectivity index (χ0) is 19.0. The molecule has 1 aliphatic heterocycles. The SMILES string of the molecule is Cc1nc(CN2CCN(c3cc4nc[nH]c(=O)c4cc3[N+](=O)[O-])CC2)no1. The summed E-state index contributed by atoms with van der Waals surface area (Å²) in [5.74, 6) is 1.15. The molecule has 11 nitrogen and oxygen atoms in total. The summed E-state index contributed by atoms with van der Waals surface area (Å²) >= 11 is 0. The Kier molecular flexibility index (Phi) is 4.28. The summed E-state index contributed by atoms with van der Waals surface area (Å²) in [7, 11) is 0. The van der Waals surface area contributed by atoms with Crippen molar-refractivity contribution in [2.75, 3.05) is 31.1 Å². The lowest BCUT2D eigenvalue weighted by atomic mass is 10.1. The number of hydrogen-bond donors (Lipinski definition) is 1. The fourth-order valence-electron chi connectivity index (χ4n) is 3.24. The highest BCUT2D eigenvalue weighted by Crippen LogP contribution is 2.32. The Labute approximate surface area is 152 Å².